The monoisotopic (exact) mass is 527 g/mol. The minimum absolute atomic E-state index is 0.0126. The Kier molecular flexibility index (Phi) is 6.25. The van der Waals surface area contributed by atoms with E-state index in [4.69, 9.17) is 4.74 Å². The number of rotatable bonds is 3. The first kappa shape index (κ1) is 25.2. The lowest BCUT2D eigenvalue weighted by atomic mass is 9.82. The van der Waals surface area contributed by atoms with Crippen LogP contribution in [0.2, 0.25) is 0 Å². The van der Waals surface area contributed by atoms with Gasteiger partial charge in [0.2, 0.25) is 0 Å². The van der Waals surface area contributed by atoms with Crippen LogP contribution in [-0.2, 0) is 9.53 Å². The van der Waals surface area contributed by atoms with Gasteiger partial charge in [0.25, 0.3) is 5.91 Å². The van der Waals surface area contributed by atoms with Crippen molar-refractivity contribution in [3.63, 3.8) is 0 Å². The number of amides is 1. The van der Waals surface area contributed by atoms with Gasteiger partial charge < -0.3 is 14.4 Å². The molecule has 3 aromatic rings. The quantitative estimate of drug-likeness (QED) is 0.405. The maximum atomic E-state index is 13.1. The number of likely N-dealkylation sites (tertiary alicyclic amines) is 1. The smallest absolute Gasteiger partial charge is 0.486 e. The molecule has 12 heteroatoms. The summed E-state index contributed by atoms with van der Waals surface area (Å²) in [7, 11) is 0. The molecule has 2 aliphatic heterocycles. The summed E-state index contributed by atoms with van der Waals surface area (Å²) < 4.78 is 47.1. The highest BCUT2D eigenvalue weighted by atomic mass is 19.4. The summed E-state index contributed by atoms with van der Waals surface area (Å²) >= 11 is 0. The minimum atomic E-state index is -5.33. The third-order valence-corrected chi connectivity index (χ3v) is 6.62. The molecule has 0 atom stereocenters. The third kappa shape index (κ3) is 4.89. The van der Waals surface area contributed by atoms with Gasteiger partial charge in [0.1, 0.15) is 11.4 Å². The van der Waals surface area contributed by atoms with E-state index in [0.717, 1.165) is 23.4 Å². The Balaban J connectivity index is 1.26. The molecular formula is C26H20F3N3O6. The van der Waals surface area contributed by atoms with E-state index in [1.807, 2.05) is 6.07 Å². The zero-order chi connectivity index (χ0) is 27.1. The van der Waals surface area contributed by atoms with Crippen LogP contribution in [0, 0.1) is 0 Å². The summed E-state index contributed by atoms with van der Waals surface area (Å²) in [5.41, 5.74) is 0.902. The highest BCUT2D eigenvalue weighted by Gasteiger charge is 2.45. The summed E-state index contributed by atoms with van der Waals surface area (Å²) in [4.78, 5) is 50.7. The number of halogens is 3. The van der Waals surface area contributed by atoms with Gasteiger partial charge in [0.15, 0.2) is 5.78 Å². The molecule has 5 rings (SSSR count). The Morgan fingerprint density at radius 2 is 1.79 bits per heavy atom. The summed E-state index contributed by atoms with van der Waals surface area (Å²) in [5.74, 6) is -4.51. The molecule has 1 saturated heterocycles. The number of nitrogens with zero attached hydrogens (tertiary/aromatic N) is 2. The van der Waals surface area contributed by atoms with Gasteiger partial charge in [0, 0.05) is 43.3 Å². The van der Waals surface area contributed by atoms with Crippen molar-refractivity contribution in [3.8, 4) is 17.0 Å². The number of aromatic amines is 1. The second-order valence-electron chi connectivity index (χ2n) is 9.11. The Morgan fingerprint density at radius 1 is 1.03 bits per heavy atom. The van der Waals surface area contributed by atoms with E-state index in [1.165, 1.54) is 6.07 Å². The van der Waals surface area contributed by atoms with E-state index in [1.54, 1.807) is 35.4 Å². The number of Topliss-reactive ketones (excluding diaryl/α,β-unsaturated/α-hetero) is 1. The summed E-state index contributed by atoms with van der Waals surface area (Å²) in [6.07, 6.45) is -2.97. The minimum Gasteiger partial charge on any atom is -0.486 e. The van der Waals surface area contributed by atoms with Crippen LogP contribution in [-0.4, -0.2) is 63.6 Å². The number of hydrogen-bond donors (Lipinski definition) is 1. The van der Waals surface area contributed by atoms with Gasteiger partial charge in [-0.3, -0.25) is 14.7 Å². The van der Waals surface area contributed by atoms with Crippen molar-refractivity contribution in [2.75, 3.05) is 13.1 Å². The van der Waals surface area contributed by atoms with Gasteiger partial charge in [-0.1, -0.05) is 12.1 Å². The maximum absolute atomic E-state index is 13.1. The van der Waals surface area contributed by atoms with Crippen molar-refractivity contribution in [1.29, 1.82) is 0 Å². The second-order valence-corrected chi connectivity index (χ2v) is 9.11. The number of aromatic nitrogens is 2. The van der Waals surface area contributed by atoms with E-state index in [-0.39, 0.29) is 35.0 Å². The molecule has 0 bridgehead atoms. The van der Waals surface area contributed by atoms with Gasteiger partial charge >= 0.3 is 18.1 Å². The standard InChI is InChI=1S/C26H20F3N3O6/c27-26(28,29)24(36)37-23(35)17-4-5-21-18(13-17)20(33)14-25(38-21)7-10-32(11-8-25)22(34)16-3-1-2-15(12-16)19-6-9-30-31-19/h1-6,9,12-13H,7-8,10-11,14H2,(H,30,31). The van der Waals surface area contributed by atoms with Gasteiger partial charge in [-0.15, -0.1) is 0 Å². The molecule has 0 saturated carbocycles. The van der Waals surface area contributed by atoms with Crippen molar-refractivity contribution in [1.82, 2.24) is 15.1 Å². The van der Waals surface area contributed by atoms with Crippen LogP contribution in [0.25, 0.3) is 11.3 Å². The fourth-order valence-electron chi connectivity index (χ4n) is 4.64. The van der Waals surface area contributed by atoms with E-state index in [2.05, 4.69) is 14.9 Å². The molecule has 0 unspecified atom stereocenters. The third-order valence-electron chi connectivity index (χ3n) is 6.62. The molecule has 1 fully saturated rings. The zero-order valence-electron chi connectivity index (χ0n) is 19.7. The number of benzene rings is 2. The van der Waals surface area contributed by atoms with Crippen molar-refractivity contribution in [2.45, 2.75) is 31.0 Å². The van der Waals surface area contributed by atoms with E-state index >= 15 is 0 Å². The molecule has 1 amide bonds. The van der Waals surface area contributed by atoms with Gasteiger partial charge in [-0.2, -0.15) is 18.3 Å². The van der Waals surface area contributed by atoms with Crippen molar-refractivity contribution >= 4 is 23.6 Å². The number of alkyl halides is 3. The number of nitrogens with one attached hydrogen (secondary N) is 1. The second kappa shape index (κ2) is 9.43. The van der Waals surface area contributed by atoms with E-state index < -0.39 is 23.7 Å². The van der Waals surface area contributed by atoms with Gasteiger partial charge in [-0.25, -0.2) is 9.59 Å². The number of piperidine rings is 1. The zero-order valence-corrected chi connectivity index (χ0v) is 19.7. The molecule has 0 aliphatic carbocycles. The molecular weight excluding hydrogens is 507 g/mol. The number of carbonyl (C=O) groups is 4. The predicted octanol–water partition coefficient (Wildman–Crippen LogP) is 3.96. The topological polar surface area (TPSA) is 119 Å². The van der Waals surface area contributed by atoms with Gasteiger partial charge in [-0.05, 0) is 36.4 Å². The molecule has 2 aliphatic rings. The van der Waals surface area contributed by atoms with Crippen LogP contribution in [0.4, 0.5) is 13.2 Å². The molecule has 196 valence electrons. The summed E-state index contributed by atoms with van der Waals surface area (Å²) in [6.45, 7) is 0.694. The molecule has 2 aromatic carbocycles. The first-order chi connectivity index (χ1) is 18.0. The SMILES string of the molecule is O=C(OC(=O)C(F)(F)F)c1ccc2c(c1)C(=O)CC1(CCN(C(=O)c3cccc(-c4ccn[nH]4)c3)CC1)O2. The molecule has 1 N–H and O–H groups in total. The molecule has 3 heterocycles. The molecule has 9 nitrogen and oxygen atoms in total. The van der Waals surface area contributed by atoms with Crippen LogP contribution >= 0.6 is 0 Å². The molecule has 38 heavy (non-hydrogen) atoms. The van der Waals surface area contributed by atoms with Crippen molar-refractivity contribution in [3.05, 3.63) is 71.4 Å². The average molecular weight is 527 g/mol. The van der Waals surface area contributed by atoms with Crippen LogP contribution in [0.15, 0.2) is 54.7 Å². The van der Waals surface area contributed by atoms with Crippen molar-refractivity contribution < 1.29 is 41.8 Å². The lowest BCUT2D eigenvalue weighted by Gasteiger charge is -2.44. The number of esters is 2. The lowest BCUT2D eigenvalue weighted by Crippen LogP contribution is -2.52. The number of hydrogen-bond acceptors (Lipinski definition) is 7. The van der Waals surface area contributed by atoms with Crippen LogP contribution in [0.5, 0.6) is 5.75 Å². The first-order valence-electron chi connectivity index (χ1n) is 11.6. The van der Waals surface area contributed by atoms with Crippen LogP contribution in [0.1, 0.15) is 50.3 Å². The van der Waals surface area contributed by atoms with E-state index in [0.29, 0.717) is 31.5 Å². The van der Waals surface area contributed by atoms with Crippen molar-refractivity contribution in [2.24, 2.45) is 0 Å². The highest BCUT2D eigenvalue weighted by molar-refractivity contribution is 6.04. The maximum Gasteiger partial charge on any atom is 0.491 e. The Hall–Kier alpha value is -4.48. The largest absolute Gasteiger partial charge is 0.491 e. The number of ketones is 1. The number of carbonyl (C=O) groups excluding carboxylic acids is 4. The Bertz CT molecular complexity index is 1430. The molecule has 0 radical (unpaired) electrons. The van der Waals surface area contributed by atoms with Gasteiger partial charge in [0.05, 0.1) is 23.2 Å². The summed E-state index contributed by atoms with van der Waals surface area (Å²) in [6, 6.07) is 12.4. The normalized spacial score (nSPS) is 16.5. The Labute approximate surface area is 213 Å². The predicted molar refractivity (Wildman–Crippen MR) is 124 cm³/mol. The van der Waals surface area contributed by atoms with E-state index in [9.17, 15) is 32.3 Å². The number of ether oxygens (including phenoxy) is 2. The van der Waals surface area contributed by atoms with Crippen LogP contribution in [0.3, 0.4) is 0 Å². The number of H-pyrrole nitrogens is 1. The lowest BCUT2D eigenvalue weighted by molar-refractivity contribution is -0.193. The first-order valence-corrected chi connectivity index (χ1v) is 11.6. The molecule has 1 spiro atoms. The average Bonchev–Trinajstić information content (AvgIpc) is 3.43. The van der Waals surface area contributed by atoms with Crippen LogP contribution < -0.4 is 4.74 Å². The summed E-state index contributed by atoms with van der Waals surface area (Å²) in [5, 5.41) is 6.79. The fraction of sp³-hybridized carbons (Fsp3) is 0.269. The fourth-order valence-corrected chi connectivity index (χ4v) is 4.64. The number of fused-ring (bicyclic) bond motifs is 1. The Morgan fingerprint density at radius 3 is 2.47 bits per heavy atom. The molecule has 1 aromatic heterocycles. The highest BCUT2D eigenvalue weighted by Crippen LogP contribution is 2.40.